The predicted octanol–water partition coefficient (Wildman–Crippen LogP) is 2.40. The van der Waals surface area contributed by atoms with E-state index in [-0.39, 0.29) is 4.34 Å². The van der Waals surface area contributed by atoms with Gasteiger partial charge in [0.2, 0.25) is 14.2 Å². The first-order valence-electron chi connectivity index (χ1n) is 5.57. The van der Waals surface area contributed by atoms with Crippen molar-refractivity contribution in [3.05, 3.63) is 30.0 Å². The minimum Gasteiger partial charge on any atom is -0.361 e. The molecule has 2 heterocycles. The number of hydrogen-bond donors (Lipinski definition) is 1. The molecule has 0 bridgehead atoms. The lowest BCUT2D eigenvalue weighted by atomic mass is 10.1. The highest BCUT2D eigenvalue weighted by atomic mass is 32.2. The van der Waals surface area contributed by atoms with Crippen molar-refractivity contribution in [2.45, 2.75) is 11.3 Å². The Kier molecular flexibility index (Phi) is 2.68. The number of H-pyrrole nitrogens is 1. The van der Waals surface area contributed by atoms with E-state index < -0.39 is 9.84 Å². The second kappa shape index (κ2) is 4.14. The molecular formula is C12H11N3O2S2. The van der Waals surface area contributed by atoms with Crippen LogP contribution >= 0.6 is 11.3 Å². The number of nitrogens with one attached hydrogen (secondary N) is 1. The van der Waals surface area contributed by atoms with Crippen LogP contribution in [0.15, 0.2) is 28.7 Å². The van der Waals surface area contributed by atoms with Crippen LogP contribution in [0.1, 0.15) is 5.56 Å². The van der Waals surface area contributed by atoms with Crippen molar-refractivity contribution in [2.75, 3.05) is 6.26 Å². The Hall–Kier alpha value is -1.73. The van der Waals surface area contributed by atoms with Crippen molar-refractivity contribution in [1.82, 2.24) is 15.2 Å². The molecule has 5 nitrogen and oxygen atoms in total. The normalized spacial score (nSPS) is 12.1. The first-order valence-corrected chi connectivity index (χ1v) is 8.27. The number of rotatable bonds is 2. The van der Waals surface area contributed by atoms with E-state index in [9.17, 15) is 8.42 Å². The number of fused-ring (bicyclic) bond motifs is 1. The summed E-state index contributed by atoms with van der Waals surface area (Å²) in [5, 5.41) is 9.40. The van der Waals surface area contributed by atoms with E-state index in [0.29, 0.717) is 5.01 Å². The maximum absolute atomic E-state index is 11.4. The molecule has 0 fully saturated rings. The molecule has 19 heavy (non-hydrogen) atoms. The zero-order valence-electron chi connectivity index (χ0n) is 10.3. The number of aryl methyl sites for hydroxylation is 1. The second-order valence-corrected chi connectivity index (χ2v) is 7.54. The first-order chi connectivity index (χ1) is 8.95. The Balaban J connectivity index is 2.13. The zero-order valence-corrected chi connectivity index (χ0v) is 12.0. The van der Waals surface area contributed by atoms with Crippen LogP contribution in [0.2, 0.25) is 0 Å². The van der Waals surface area contributed by atoms with Gasteiger partial charge < -0.3 is 4.98 Å². The highest BCUT2D eigenvalue weighted by molar-refractivity contribution is 7.92. The van der Waals surface area contributed by atoms with Gasteiger partial charge in [-0.25, -0.2) is 8.42 Å². The lowest BCUT2D eigenvalue weighted by Gasteiger charge is -1.96. The van der Waals surface area contributed by atoms with Crippen LogP contribution in [0.25, 0.3) is 21.5 Å². The fourth-order valence-electron chi connectivity index (χ4n) is 1.87. The molecule has 3 aromatic rings. The lowest BCUT2D eigenvalue weighted by Crippen LogP contribution is -1.95. The number of sulfone groups is 1. The maximum Gasteiger partial charge on any atom is 0.232 e. The van der Waals surface area contributed by atoms with E-state index in [4.69, 9.17) is 0 Å². The molecule has 0 saturated heterocycles. The SMILES string of the molecule is Cc1c[nH]c2ccc(-c3nnc(S(C)(=O)=O)s3)cc12. The van der Waals surface area contributed by atoms with Crippen molar-refractivity contribution in [3.63, 3.8) is 0 Å². The third-order valence-corrected chi connectivity index (χ3v) is 5.50. The Morgan fingerprint density at radius 2 is 2.05 bits per heavy atom. The van der Waals surface area contributed by atoms with Gasteiger partial charge in [0.15, 0.2) is 0 Å². The van der Waals surface area contributed by atoms with E-state index in [1.807, 2.05) is 31.3 Å². The summed E-state index contributed by atoms with van der Waals surface area (Å²) in [7, 11) is -3.29. The van der Waals surface area contributed by atoms with Crippen LogP contribution in [-0.4, -0.2) is 29.9 Å². The fraction of sp³-hybridized carbons (Fsp3) is 0.167. The third-order valence-electron chi connectivity index (χ3n) is 2.86. The van der Waals surface area contributed by atoms with Gasteiger partial charge in [-0.3, -0.25) is 0 Å². The Labute approximate surface area is 114 Å². The minimum absolute atomic E-state index is 0.0494. The van der Waals surface area contributed by atoms with Gasteiger partial charge >= 0.3 is 0 Å². The highest BCUT2D eigenvalue weighted by Crippen LogP contribution is 2.29. The molecule has 2 aromatic heterocycles. The molecule has 0 radical (unpaired) electrons. The van der Waals surface area contributed by atoms with Crippen molar-refractivity contribution >= 4 is 32.1 Å². The molecule has 0 amide bonds. The molecule has 0 aliphatic heterocycles. The van der Waals surface area contributed by atoms with E-state index in [1.165, 1.54) is 0 Å². The van der Waals surface area contributed by atoms with Crippen molar-refractivity contribution < 1.29 is 8.42 Å². The smallest absolute Gasteiger partial charge is 0.232 e. The predicted molar refractivity (Wildman–Crippen MR) is 75.0 cm³/mol. The molecule has 0 saturated carbocycles. The van der Waals surface area contributed by atoms with E-state index >= 15 is 0 Å². The molecule has 1 aromatic carbocycles. The lowest BCUT2D eigenvalue weighted by molar-refractivity contribution is 0.600. The van der Waals surface area contributed by atoms with Gasteiger partial charge in [0, 0.05) is 28.9 Å². The largest absolute Gasteiger partial charge is 0.361 e. The molecule has 0 aliphatic rings. The summed E-state index contributed by atoms with van der Waals surface area (Å²) in [6.45, 7) is 2.02. The second-order valence-electron chi connectivity index (χ2n) is 4.38. The number of benzene rings is 1. The molecule has 0 atom stereocenters. The van der Waals surface area contributed by atoms with Gasteiger partial charge in [-0.05, 0) is 30.7 Å². The average Bonchev–Trinajstić information content (AvgIpc) is 2.96. The topological polar surface area (TPSA) is 75.7 Å². The van der Waals surface area contributed by atoms with Crippen LogP contribution in [0, 0.1) is 6.92 Å². The van der Waals surface area contributed by atoms with Crippen LogP contribution in [0.4, 0.5) is 0 Å². The van der Waals surface area contributed by atoms with Gasteiger partial charge in [0.1, 0.15) is 5.01 Å². The summed E-state index contributed by atoms with van der Waals surface area (Å²) in [4.78, 5) is 3.17. The molecule has 1 N–H and O–H groups in total. The van der Waals surface area contributed by atoms with Gasteiger partial charge in [-0.1, -0.05) is 11.3 Å². The van der Waals surface area contributed by atoms with E-state index in [0.717, 1.165) is 39.6 Å². The fourth-order valence-corrected chi connectivity index (χ4v) is 3.47. The molecule has 0 unspecified atom stereocenters. The summed E-state index contributed by atoms with van der Waals surface area (Å²) in [6, 6.07) is 5.86. The summed E-state index contributed by atoms with van der Waals surface area (Å²) in [6.07, 6.45) is 3.08. The number of aromatic nitrogens is 3. The first kappa shape index (κ1) is 12.3. The summed E-state index contributed by atoms with van der Waals surface area (Å²) < 4.78 is 22.9. The Morgan fingerprint density at radius 1 is 1.26 bits per heavy atom. The van der Waals surface area contributed by atoms with Crippen LogP contribution in [0.3, 0.4) is 0 Å². The summed E-state index contributed by atoms with van der Waals surface area (Å²) in [5.74, 6) is 0. The highest BCUT2D eigenvalue weighted by Gasteiger charge is 2.15. The Bertz CT molecular complexity index is 862. The monoisotopic (exact) mass is 293 g/mol. The number of nitrogens with zero attached hydrogens (tertiary/aromatic N) is 2. The molecule has 3 rings (SSSR count). The van der Waals surface area contributed by atoms with Gasteiger partial charge in [-0.15, -0.1) is 10.2 Å². The molecule has 7 heteroatoms. The van der Waals surface area contributed by atoms with Gasteiger partial charge in [-0.2, -0.15) is 0 Å². The zero-order chi connectivity index (χ0) is 13.6. The number of hydrogen-bond acceptors (Lipinski definition) is 5. The third kappa shape index (κ3) is 2.15. The quantitative estimate of drug-likeness (QED) is 0.787. The number of aromatic amines is 1. The van der Waals surface area contributed by atoms with Gasteiger partial charge in [0.05, 0.1) is 0 Å². The van der Waals surface area contributed by atoms with Crippen LogP contribution in [0.5, 0.6) is 0 Å². The van der Waals surface area contributed by atoms with Crippen LogP contribution in [-0.2, 0) is 9.84 Å². The molecule has 0 aliphatic carbocycles. The maximum atomic E-state index is 11.4. The van der Waals surface area contributed by atoms with Crippen molar-refractivity contribution in [3.8, 4) is 10.6 Å². The van der Waals surface area contributed by atoms with Gasteiger partial charge in [0.25, 0.3) is 0 Å². The Morgan fingerprint density at radius 3 is 2.74 bits per heavy atom. The standard InChI is InChI=1S/C12H11N3O2S2/c1-7-6-13-10-4-3-8(5-9(7)10)11-14-15-12(18-11)19(2,16)17/h3-6,13H,1-2H3. The van der Waals surface area contributed by atoms with Crippen LogP contribution < -0.4 is 0 Å². The van der Waals surface area contributed by atoms with Crippen molar-refractivity contribution in [2.24, 2.45) is 0 Å². The van der Waals surface area contributed by atoms with E-state index in [2.05, 4.69) is 15.2 Å². The average molecular weight is 293 g/mol. The minimum atomic E-state index is -3.29. The molecular weight excluding hydrogens is 282 g/mol. The van der Waals surface area contributed by atoms with Crippen molar-refractivity contribution in [1.29, 1.82) is 0 Å². The van der Waals surface area contributed by atoms with E-state index in [1.54, 1.807) is 0 Å². The molecule has 0 spiro atoms. The summed E-state index contributed by atoms with van der Waals surface area (Å²) >= 11 is 1.09. The summed E-state index contributed by atoms with van der Waals surface area (Å²) in [5.41, 5.74) is 3.07. The molecule has 98 valence electrons.